The quantitative estimate of drug-likeness (QED) is 0.762. The van der Waals surface area contributed by atoms with E-state index in [0.29, 0.717) is 6.04 Å². The van der Waals surface area contributed by atoms with Crippen LogP contribution < -0.4 is 5.32 Å². The second-order valence-electron chi connectivity index (χ2n) is 5.78. The molecule has 1 N–H and O–H groups in total. The van der Waals surface area contributed by atoms with Gasteiger partial charge in [-0.1, -0.05) is 30.3 Å². The predicted molar refractivity (Wildman–Crippen MR) is 92.2 cm³/mol. The number of fused-ring (bicyclic) bond motifs is 1. The van der Waals surface area contributed by atoms with Gasteiger partial charge in [-0.3, -0.25) is 4.90 Å². The van der Waals surface area contributed by atoms with E-state index in [1.807, 2.05) is 0 Å². The molecule has 1 unspecified atom stereocenters. The topological polar surface area (TPSA) is 58.4 Å². The van der Waals surface area contributed by atoms with Crippen LogP contribution in [-0.4, -0.2) is 43.6 Å². The fourth-order valence-electron chi connectivity index (χ4n) is 3.02. The molecule has 0 bridgehead atoms. The Morgan fingerprint density at radius 2 is 2.09 bits per heavy atom. The van der Waals surface area contributed by atoms with Gasteiger partial charge in [0.25, 0.3) is 0 Å². The third-order valence-electron chi connectivity index (χ3n) is 4.12. The highest BCUT2D eigenvalue weighted by Gasteiger charge is 2.23. The van der Waals surface area contributed by atoms with Crippen LogP contribution >= 0.6 is 15.9 Å². The van der Waals surface area contributed by atoms with Crippen LogP contribution in [0.3, 0.4) is 0 Å². The fourth-order valence-corrected chi connectivity index (χ4v) is 3.38. The summed E-state index contributed by atoms with van der Waals surface area (Å²) >= 11 is 3.43. The molecular formula is C16H17BrN6. The monoisotopic (exact) mass is 372 g/mol. The third kappa shape index (κ3) is 3.07. The highest BCUT2D eigenvalue weighted by Crippen LogP contribution is 2.21. The Balaban J connectivity index is 1.44. The molecule has 2 aromatic heterocycles. The number of nitrogens with zero attached hydrogens (tertiary/aromatic N) is 5. The molecule has 3 heterocycles. The molecule has 1 aliphatic rings. The Kier molecular flexibility index (Phi) is 3.97. The van der Waals surface area contributed by atoms with Crippen LogP contribution in [0.2, 0.25) is 0 Å². The van der Waals surface area contributed by atoms with Crippen molar-refractivity contribution in [2.24, 2.45) is 0 Å². The molecule has 6 nitrogen and oxygen atoms in total. The summed E-state index contributed by atoms with van der Waals surface area (Å²) in [5, 5.41) is 7.71. The van der Waals surface area contributed by atoms with Gasteiger partial charge in [-0.25, -0.2) is 14.5 Å². The van der Waals surface area contributed by atoms with E-state index < -0.39 is 0 Å². The minimum Gasteiger partial charge on any atom is -0.363 e. The number of hydrogen-bond acceptors (Lipinski definition) is 5. The number of benzene rings is 1. The van der Waals surface area contributed by atoms with Crippen molar-refractivity contribution in [2.75, 3.05) is 18.4 Å². The third-order valence-corrected chi connectivity index (χ3v) is 4.66. The molecule has 1 fully saturated rings. The summed E-state index contributed by atoms with van der Waals surface area (Å²) in [5.74, 6) is 0.789. The summed E-state index contributed by atoms with van der Waals surface area (Å²) in [4.78, 5) is 11.2. The summed E-state index contributed by atoms with van der Waals surface area (Å²) in [5.41, 5.74) is 2.11. The van der Waals surface area contributed by atoms with E-state index in [-0.39, 0.29) is 0 Å². The molecule has 0 aliphatic carbocycles. The summed E-state index contributed by atoms with van der Waals surface area (Å²) < 4.78 is 2.54. The van der Waals surface area contributed by atoms with E-state index in [1.165, 1.54) is 5.56 Å². The van der Waals surface area contributed by atoms with Crippen LogP contribution in [0.1, 0.15) is 12.0 Å². The van der Waals surface area contributed by atoms with Crippen molar-refractivity contribution in [3.8, 4) is 0 Å². The molecule has 1 atom stereocenters. The summed E-state index contributed by atoms with van der Waals surface area (Å²) in [6.45, 7) is 3.09. The maximum Gasteiger partial charge on any atom is 0.199 e. The van der Waals surface area contributed by atoms with E-state index in [4.69, 9.17) is 0 Å². The first-order valence-electron chi connectivity index (χ1n) is 7.66. The Morgan fingerprint density at radius 3 is 2.96 bits per heavy atom. The lowest BCUT2D eigenvalue weighted by molar-refractivity contribution is 0.328. The molecule has 0 radical (unpaired) electrons. The molecule has 0 saturated carbocycles. The second kappa shape index (κ2) is 6.25. The van der Waals surface area contributed by atoms with Gasteiger partial charge in [0.05, 0.1) is 6.20 Å². The smallest absolute Gasteiger partial charge is 0.199 e. The lowest BCUT2D eigenvalue weighted by Gasteiger charge is -2.17. The number of likely N-dealkylation sites (tertiary alicyclic amines) is 1. The lowest BCUT2D eigenvalue weighted by atomic mass is 10.2. The highest BCUT2D eigenvalue weighted by atomic mass is 79.9. The van der Waals surface area contributed by atoms with Crippen molar-refractivity contribution in [2.45, 2.75) is 19.0 Å². The number of rotatable bonds is 4. The largest absolute Gasteiger partial charge is 0.363 e. The van der Waals surface area contributed by atoms with Crippen LogP contribution in [0.25, 0.3) is 5.65 Å². The molecule has 3 aromatic rings. The van der Waals surface area contributed by atoms with E-state index in [2.05, 4.69) is 71.5 Å². The first-order chi connectivity index (χ1) is 11.3. The van der Waals surface area contributed by atoms with Crippen LogP contribution in [0.15, 0.2) is 47.5 Å². The normalized spacial score (nSPS) is 18.6. The Bertz CT molecular complexity index is 803. The fraction of sp³-hybridized carbons (Fsp3) is 0.312. The van der Waals surface area contributed by atoms with Gasteiger partial charge >= 0.3 is 0 Å². The van der Waals surface area contributed by atoms with E-state index in [9.17, 15) is 0 Å². The zero-order chi connectivity index (χ0) is 15.6. The standard InChI is InChI=1S/C16H17BrN6/c17-14-8-18-15(16-19-11-20-23(14)16)21-13-6-7-22(10-13)9-12-4-2-1-3-5-12/h1-5,8,11,13H,6-7,9-10H2,(H,18,21). The van der Waals surface area contributed by atoms with Crippen molar-refractivity contribution in [1.82, 2.24) is 24.5 Å². The molecule has 1 saturated heterocycles. The maximum absolute atomic E-state index is 4.45. The Morgan fingerprint density at radius 1 is 1.22 bits per heavy atom. The Hall–Kier alpha value is -1.99. The van der Waals surface area contributed by atoms with Gasteiger partial charge in [0.15, 0.2) is 11.5 Å². The van der Waals surface area contributed by atoms with Crippen molar-refractivity contribution < 1.29 is 0 Å². The first kappa shape index (κ1) is 14.6. The first-order valence-corrected chi connectivity index (χ1v) is 8.46. The van der Waals surface area contributed by atoms with Crippen molar-refractivity contribution in [3.05, 3.63) is 53.0 Å². The van der Waals surface area contributed by atoms with Crippen LogP contribution in [0, 0.1) is 0 Å². The summed E-state index contributed by atoms with van der Waals surface area (Å²) in [6.07, 6.45) is 4.40. The van der Waals surface area contributed by atoms with Gasteiger partial charge in [0, 0.05) is 25.7 Å². The molecule has 1 aromatic carbocycles. The zero-order valence-corrected chi connectivity index (χ0v) is 14.1. The van der Waals surface area contributed by atoms with Gasteiger partial charge in [-0.2, -0.15) is 5.10 Å². The van der Waals surface area contributed by atoms with Crippen LogP contribution in [0.5, 0.6) is 0 Å². The average molecular weight is 373 g/mol. The molecule has 23 heavy (non-hydrogen) atoms. The minimum atomic E-state index is 0.382. The van der Waals surface area contributed by atoms with Gasteiger partial charge in [-0.05, 0) is 27.9 Å². The SMILES string of the molecule is Brc1cnc(NC2CCN(Cc3ccccc3)C2)c2ncnn12. The molecule has 0 spiro atoms. The van der Waals surface area contributed by atoms with Crippen LogP contribution in [0.4, 0.5) is 5.82 Å². The number of nitrogens with one attached hydrogen (secondary N) is 1. The molecule has 4 rings (SSSR count). The van der Waals surface area contributed by atoms with E-state index >= 15 is 0 Å². The molecule has 0 amide bonds. The lowest BCUT2D eigenvalue weighted by Crippen LogP contribution is -2.26. The highest BCUT2D eigenvalue weighted by molar-refractivity contribution is 9.10. The van der Waals surface area contributed by atoms with Crippen molar-refractivity contribution in [3.63, 3.8) is 0 Å². The molecule has 7 heteroatoms. The number of halogens is 1. The Labute approximate surface area is 142 Å². The van der Waals surface area contributed by atoms with E-state index in [0.717, 1.165) is 42.1 Å². The predicted octanol–water partition coefficient (Wildman–Crippen LogP) is 2.57. The number of anilines is 1. The zero-order valence-electron chi connectivity index (χ0n) is 12.6. The molecule has 1 aliphatic heterocycles. The van der Waals surface area contributed by atoms with Gasteiger partial charge in [0.2, 0.25) is 0 Å². The van der Waals surface area contributed by atoms with Gasteiger partial charge in [0.1, 0.15) is 10.9 Å². The second-order valence-corrected chi connectivity index (χ2v) is 6.59. The average Bonchev–Trinajstić information content (AvgIpc) is 3.21. The molecular weight excluding hydrogens is 356 g/mol. The van der Waals surface area contributed by atoms with Crippen LogP contribution in [-0.2, 0) is 6.54 Å². The van der Waals surface area contributed by atoms with Gasteiger partial charge < -0.3 is 5.32 Å². The maximum atomic E-state index is 4.45. The van der Waals surface area contributed by atoms with E-state index in [1.54, 1.807) is 17.0 Å². The number of hydrogen-bond donors (Lipinski definition) is 1. The van der Waals surface area contributed by atoms with Crippen molar-refractivity contribution >= 4 is 27.4 Å². The summed E-state index contributed by atoms with van der Waals surface area (Å²) in [6, 6.07) is 11.0. The van der Waals surface area contributed by atoms with Gasteiger partial charge in [-0.15, -0.1) is 0 Å². The molecule has 118 valence electrons. The minimum absolute atomic E-state index is 0.382. The summed E-state index contributed by atoms with van der Waals surface area (Å²) in [7, 11) is 0. The number of aromatic nitrogens is 4. The van der Waals surface area contributed by atoms with Crippen molar-refractivity contribution in [1.29, 1.82) is 0 Å².